The molecule has 0 fully saturated rings. The van der Waals surface area contributed by atoms with Gasteiger partial charge in [-0.2, -0.15) is 15.8 Å². The molecule has 0 aromatic carbocycles. The Hall–Kier alpha value is -3.36. The Morgan fingerprint density at radius 1 is 1.14 bits per heavy atom. The lowest BCUT2D eigenvalue weighted by Crippen LogP contribution is -2.20. The second-order valence-electron chi connectivity index (χ2n) is 5.05. The topological polar surface area (TPSA) is 93.5 Å². The van der Waals surface area contributed by atoms with E-state index in [1.54, 1.807) is 44.5 Å². The zero-order valence-corrected chi connectivity index (χ0v) is 12.2. The summed E-state index contributed by atoms with van der Waals surface area (Å²) in [5, 5.41) is 27.4. The monoisotopic (exact) mass is 288 g/mol. The van der Waals surface area contributed by atoms with Gasteiger partial charge in [0.05, 0.1) is 0 Å². The number of rotatable bonds is 2. The third kappa shape index (κ3) is 2.73. The molecule has 1 aliphatic rings. The average Bonchev–Trinajstić information content (AvgIpc) is 2.77. The maximum Gasteiger partial charge on any atom is 0.172 e. The highest BCUT2D eigenvalue weighted by Crippen LogP contribution is 2.40. The first-order valence-corrected chi connectivity index (χ1v) is 6.50. The van der Waals surface area contributed by atoms with Gasteiger partial charge in [-0.15, -0.1) is 0 Å². The van der Waals surface area contributed by atoms with E-state index in [-0.39, 0.29) is 16.9 Å². The minimum absolute atomic E-state index is 0.0480. The van der Waals surface area contributed by atoms with Crippen molar-refractivity contribution >= 4 is 6.08 Å². The quantitative estimate of drug-likeness (QED) is 0.780. The fraction of sp³-hybridized carbons (Fsp3) is 0.176. The molecule has 0 N–H and O–H groups in total. The predicted molar refractivity (Wildman–Crippen MR) is 79.3 cm³/mol. The van der Waals surface area contributed by atoms with Crippen LogP contribution in [0.5, 0.6) is 0 Å². The first kappa shape index (κ1) is 15.0. The number of pyridine rings is 1. The van der Waals surface area contributed by atoms with E-state index in [4.69, 9.17) is 15.3 Å². The molecule has 1 aromatic rings. The standard InChI is InChI=1S/C17H12N4O/c1-17(2)15(4-3-12-5-7-21-8-6-12)14(11-20)16(22-17)13(9-18)10-19/h3-8H,1-2H3/b4-3+. The molecule has 0 saturated heterocycles. The smallest absolute Gasteiger partial charge is 0.172 e. The zero-order chi connectivity index (χ0) is 16.2. The molecule has 0 bridgehead atoms. The molecule has 5 nitrogen and oxygen atoms in total. The molecule has 106 valence electrons. The first-order valence-electron chi connectivity index (χ1n) is 6.50. The van der Waals surface area contributed by atoms with Crippen LogP contribution in [0.4, 0.5) is 0 Å². The van der Waals surface area contributed by atoms with Gasteiger partial charge in [0.15, 0.2) is 11.3 Å². The van der Waals surface area contributed by atoms with Gasteiger partial charge in [0.2, 0.25) is 0 Å². The van der Waals surface area contributed by atoms with Crippen LogP contribution in [0.25, 0.3) is 6.08 Å². The van der Waals surface area contributed by atoms with E-state index in [2.05, 4.69) is 4.98 Å². The number of nitrogens with zero attached hydrogens (tertiary/aromatic N) is 4. The number of hydrogen-bond donors (Lipinski definition) is 0. The van der Waals surface area contributed by atoms with Crippen molar-refractivity contribution in [2.24, 2.45) is 0 Å². The second kappa shape index (κ2) is 5.95. The number of hydrogen-bond acceptors (Lipinski definition) is 5. The van der Waals surface area contributed by atoms with Crippen LogP contribution in [-0.4, -0.2) is 10.6 Å². The van der Waals surface area contributed by atoms with Gasteiger partial charge in [-0.1, -0.05) is 12.2 Å². The molecule has 0 saturated carbocycles. The van der Waals surface area contributed by atoms with Crippen LogP contribution >= 0.6 is 0 Å². The third-order valence-corrected chi connectivity index (χ3v) is 3.21. The van der Waals surface area contributed by atoms with E-state index in [0.29, 0.717) is 5.57 Å². The molecule has 2 heterocycles. The molecule has 1 aromatic heterocycles. The Bertz CT molecular complexity index is 793. The van der Waals surface area contributed by atoms with Crippen molar-refractivity contribution < 1.29 is 4.74 Å². The molecule has 0 radical (unpaired) electrons. The summed E-state index contributed by atoms with van der Waals surface area (Å²) in [6, 6.07) is 9.23. The summed E-state index contributed by atoms with van der Waals surface area (Å²) in [5.41, 5.74) is 0.784. The van der Waals surface area contributed by atoms with Crippen molar-refractivity contribution in [3.8, 4) is 18.2 Å². The lowest BCUT2D eigenvalue weighted by molar-refractivity contribution is 0.0954. The molecule has 22 heavy (non-hydrogen) atoms. The fourth-order valence-electron chi connectivity index (χ4n) is 2.14. The average molecular weight is 288 g/mol. The van der Waals surface area contributed by atoms with Crippen LogP contribution in [0, 0.1) is 34.0 Å². The Balaban J connectivity index is 2.56. The Morgan fingerprint density at radius 2 is 1.77 bits per heavy atom. The second-order valence-corrected chi connectivity index (χ2v) is 5.05. The molecule has 0 spiro atoms. The molecular formula is C17H12N4O. The Labute approximate surface area is 128 Å². The maximum atomic E-state index is 9.39. The molecule has 1 aliphatic heterocycles. The van der Waals surface area contributed by atoms with Crippen molar-refractivity contribution in [2.45, 2.75) is 19.4 Å². The van der Waals surface area contributed by atoms with Gasteiger partial charge in [0, 0.05) is 18.0 Å². The van der Waals surface area contributed by atoms with Gasteiger partial charge in [-0.05, 0) is 31.5 Å². The summed E-state index contributed by atoms with van der Waals surface area (Å²) in [7, 11) is 0. The summed E-state index contributed by atoms with van der Waals surface area (Å²) in [6.45, 7) is 3.58. The molecule has 0 amide bonds. The highest BCUT2D eigenvalue weighted by molar-refractivity contribution is 5.64. The molecular weight excluding hydrogens is 276 g/mol. The van der Waals surface area contributed by atoms with Crippen molar-refractivity contribution in [3.05, 3.63) is 58.6 Å². The minimum Gasteiger partial charge on any atom is -0.480 e. The summed E-state index contributed by atoms with van der Waals surface area (Å²) in [5.74, 6) is 0.0480. The van der Waals surface area contributed by atoms with Gasteiger partial charge < -0.3 is 4.74 Å². The van der Waals surface area contributed by atoms with Crippen LogP contribution in [0.1, 0.15) is 19.4 Å². The van der Waals surface area contributed by atoms with Crippen LogP contribution in [0.3, 0.4) is 0 Å². The van der Waals surface area contributed by atoms with E-state index >= 15 is 0 Å². The van der Waals surface area contributed by atoms with Gasteiger partial charge in [-0.3, -0.25) is 4.98 Å². The van der Waals surface area contributed by atoms with Gasteiger partial charge >= 0.3 is 0 Å². The highest BCUT2D eigenvalue weighted by atomic mass is 16.5. The van der Waals surface area contributed by atoms with Crippen molar-refractivity contribution in [1.82, 2.24) is 4.98 Å². The fourth-order valence-corrected chi connectivity index (χ4v) is 2.14. The first-order chi connectivity index (χ1) is 10.5. The lowest BCUT2D eigenvalue weighted by Gasteiger charge is -2.20. The number of ether oxygens (including phenoxy) is 1. The van der Waals surface area contributed by atoms with E-state index in [1.165, 1.54) is 0 Å². The van der Waals surface area contributed by atoms with E-state index in [1.807, 2.05) is 24.3 Å². The van der Waals surface area contributed by atoms with E-state index < -0.39 is 5.60 Å². The van der Waals surface area contributed by atoms with Gasteiger partial charge in [0.25, 0.3) is 0 Å². The number of aromatic nitrogens is 1. The largest absolute Gasteiger partial charge is 0.480 e. The Morgan fingerprint density at radius 3 is 2.32 bits per heavy atom. The van der Waals surface area contributed by atoms with Crippen LogP contribution < -0.4 is 0 Å². The van der Waals surface area contributed by atoms with Crippen molar-refractivity contribution in [2.75, 3.05) is 0 Å². The molecule has 2 rings (SSSR count). The van der Waals surface area contributed by atoms with E-state index in [9.17, 15) is 5.26 Å². The van der Waals surface area contributed by atoms with Gasteiger partial charge in [-0.25, -0.2) is 0 Å². The van der Waals surface area contributed by atoms with Gasteiger partial charge in [0.1, 0.15) is 29.4 Å². The minimum atomic E-state index is -0.789. The van der Waals surface area contributed by atoms with Crippen LogP contribution in [0.2, 0.25) is 0 Å². The molecule has 0 aliphatic carbocycles. The predicted octanol–water partition coefficient (Wildman–Crippen LogP) is 3.03. The molecule has 0 unspecified atom stereocenters. The van der Waals surface area contributed by atoms with E-state index in [0.717, 1.165) is 5.56 Å². The van der Waals surface area contributed by atoms with Crippen LogP contribution in [0.15, 0.2) is 53.1 Å². The van der Waals surface area contributed by atoms with Crippen LogP contribution in [-0.2, 0) is 4.74 Å². The third-order valence-electron chi connectivity index (χ3n) is 3.21. The zero-order valence-electron chi connectivity index (χ0n) is 12.2. The highest BCUT2D eigenvalue weighted by Gasteiger charge is 2.38. The summed E-state index contributed by atoms with van der Waals surface area (Å²) in [6.07, 6.45) is 6.95. The normalized spacial score (nSPS) is 15.9. The lowest BCUT2D eigenvalue weighted by atomic mass is 9.94. The summed E-state index contributed by atoms with van der Waals surface area (Å²) in [4.78, 5) is 3.94. The molecule has 0 atom stereocenters. The number of nitriles is 3. The van der Waals surface area contributed by atoms with Crippen molar-refractivity contribution in [1.29, 1.82) is 15.8 Å². The SMILES string of the molecule is CC1(C)OC(=C(C#N)C#N)C(C#N)=C1/C=C/c1ccncc1. The summed E-state index contributed by atoms with van der Waals surface area (Å²) >= 11 is 0. The Kier molecular flexibility index (Phi) is 4.07. The summed E-state index contributed by atoms with van der Waals surface area (Å²) < 4.78 is 5.67. The number of allylic oxidation sites excluding steroid dienone is 2. The maximum absolute atomic E-state index is 9.39. The van der Waals surface area contributed by atoms with Crippen molar-refractivity contribution in [3.63, 3.8) is 0 Å². The molecule has 5 heteroatoms.